The van der Waals surface area contributed by atoms with Crippen LogP contribution in [0.15, 0.2) is 11.7 Å². The number of carbonyl (C=O) groups is 1. The summed E-state index contributed by atoms with van der Waals surface area (Å²) in [5, 5.41) is 9.42. The number of amides is 1. The first-order valence-electron chi connectivity index (χ1n) is 8.91. The van der Waals surface area contributed by atoms with Crippen molar-refractivity contribution < 1.29 is 4.79 Å². The Labute approximate surface area is 145 Å². The minimum atomic E-state index is 0.234. The lowest BCUT2D eigenvalue weighted by Gasteiger charge is -2.34. The molecule has 0 aromatic carbocycles. The minimum absolute atomic E-state index is 0.234. The van der Waals surface area contributed by atoms with E-state index in [1.807, 2.05) is 5.38 Å². The summed E-state index contributed by atoms with van der Waals surface area (Å²) in [4.78, 5) is 23.6. The van der Waals surface area contributed by atoms with Crippen molar-refractivity contribution in [3.05, 3.63) is 17.4 Å². The molecule has 1 saturated carbocycles. The predicted molar refractivity (Wildman–Crippen MR) is 92.5 cm³/mol. The van der Waals surface area contributed by atoms with Crippen molar-refractivity contribution in [2.45, 2.75) is 57.4 Å². The quantitative estimate of drug-likeness (QED) is 0.924. The molecule has 1 saturated heterocycles. The number of hydrogen-bond donors (Lipinski definition) is 1. The zero-order valence-electron chi connectivity index (χ0n) is 13.8. The Morgan fingerprint density at radius 1 is 1.25 bits per heavy atom. The van der Waals surface area contributed by atoms with Crippen LogP contribution in [0.1, 0.15) is 50.6 Å². The number of thiazole rings is 1. The average molecular weight is 345 g/mol. The summed E-state index contributed by atoms with van der Waals surface area (Å²) in [6.07, 6.45) is 10.8. The largest absolute Gasteiger partial charge is 0.339 e. The van der Waals surface area contributed by atoms with Gasteiger partial charge in [-0.1, -0.05) is 19.3 Å². The molecule has 1 aliphatic heterocycles. The Morgan fingerprint density at radius 3 is 2.92 bits per heavy atom. The van der Waals surface area contributed by atoms with Gasteiger partial charge in [0.25, 0.3) is 0 Å². The summed E-state index contributed by atoms with van der Waals surface area (Å²) in [5.74, 6) is 1.61. The van der Waals surface area contributed by atoms with Gasteiger partial charge in [-0.3, -0.25) is 9.89 Å². The van der Waals surface area contributed by atoms with Crippen LogP contribution >= 0.6 is 11.3 Å². The smallest absolute Gasteiger partial charge is 0.228 e. The molecule has 2 aliphatic rings. The Balaban J connectivity index is 1.41. The van der Waals surface area contributed by atoms with Crippen LogP contribution in [-0.4, -0.2) is 43.6 Å². The van der Waals surface area contributed by atoms with Gasteiger partial charge < -0.3 is 4.90 Å². The highest BCUT2D eigenvalue weighted by Gasteiger charge is 2.35. The van der Waals surface area contributed by atoms with Crippen molar-refractivity contribution >= 4 is 17.2 Å². The second-order valence-corrected chi connectivity index (χ2v) is 7.71. The van der Waals surface area contributed by atoms with Gasteiger partial charge in [-0.2, -0.15) is 5.10 Å². The molecular weight excluding hydrogens is 322 g/mol. The molecule has 0 bridgehead atoms. The van der Waals surface area contributed by atoms with Gasteiger partial charge in [0.15, 0.2) is 10.8 Å². The Bertz CT molecular complexity index is 677. The molecule has 0 spiro atoms. The Kier molecular flexibility index (Phi) is 4.60. The Hall–Kier alpha value is -1.76. The van der Waals surface area contributed by atoms with Crippen molar-refractivity contribution in [1.82, 2.24) is 25.1 Å². The lowest BCUT2D eigenvalue weighted by atomic mass is 9.83. The van der Waals surface area contributed by atoms with Crippen molar-refractivity contribution in [3.8, 4) is 10.8 Å². The van der Waals surface area contributed by atoms with Gasteiger partial charge in [-0.25, -0.2) is 9.97 Å². The molecule has 1 unspecified atom stereocenters. The van der Waals surface area contributed by atoms with Crippen LogP contribution in [0.4, 0.5) is 0 Å². The zero-order chi connectivity index (χ0) is 16.4. The zero-order valence-corrected chi connectivity index (χ0v) is 14.6. The predicted octanol–water partition coefficient (Wildman–Crippen LogP) is 3.04. The van der Waals surface area contributed by atoms with Gasteiger partial charge >= 0.3 is 0 Å². The highest BCUT2D eigenvalue weighted by molar-refractivity contribution is 7.13. The monoisotopic (exact) mass is 345 g/mol. The molecule has 3 heterocycles. The summed E-state index contributed by atoms with van der Waals surface area (Å²) in [7, 11) is 0. The first-order valence-corrected chi connectivity index (χ1v) is 9.79. The summed E-state index contributed by atoms with van der Waals surface area (Å²) >= 11 is 1.51. The number of carbonyl (C=O) groups excluding carboxylic acids is 1. The van der Waals surface area contributed by atoms with E-state index >= 15 is 0 Å². The van der Waals surface area contributed by atoms with E-state index in [1.54, 1.807) is 0 Å². The number of likely N-dealkylation sites (tertiary alicyclic amines) is 1. The van der Waals surface area contributed by atoms with E-state index in [9.17, 15) is 4.79 Å². The third-order valence-electron chi connectivity index (χ3n) is 5.32. The van der Waals surface area contributed by atoms with E-state index in [-0.39, 0.29) is 5.91 Å². The molecule has 6 nitrogen and oxygen atoms in total. The van der Waals surface area contributed by atoms with E-state index in [4.69, 9.17) is 0 Å². The van der Waals surface area contributed by atoms with Gasteiger partial charge in [0.2, 0.25) is 5.91 Å². The molecule has 7 heteroatoms. The number of nitrogens with one attached hydrogen (secondary N) is 1. The molecule has 1 atom stereocenters. The summed E-state index contributed by atoms with van der Waals surface area (Å²) in [6, 6.07) is 0.463. The molecule has 2 aromatic heterocycles. The van der Waals surface area contributed by atoms with E-state index < -0.39 is 0 Å². The molecule has 24 heavy (non-hydrogen) atoms. The number of rotatable bonds is 4. The van der Waals surface area contributed by atoms with Gasteiger partial charge in [0.05, 0.1) is 12.1 Å². The lowest BCUT2D eigenvalue weighted by Crippen LogP contribution is -2.41. The Morgan fingerprint density at radius 2 is 2.12 bits per heavy atom. The van der Waals surface area contributed by atoms with E-state index in [0.29, 0.717) is 24.2 Å². The van der Waals surface area contributed by atoms with Crippen molar-refractivity contribution in [1.29, 1.82) is 0 Å². The number of aromatic nitrogens is 4. The van der Waals surface area contributed by atoms with Crippen LogP contribution in [0.5, 0.6) is 0 Å². The minimum Gasteiger partial charge on any atom is -0.339 e. The molecule has 0 radical (unpaired) electrons. The number of hydrogen-bond acceptors (Lipinski definition) is 5. The molecule has 128 valence electrons. The van der Waals surface area contributed by atoms with Gasteiger partial charge in [0.1, 0.15) is 6.33 Å². The number of aromatic amines is 1. The molecule has 2 fully saturated rings. The maximum absolute atomic E-state index is 12.8. The highest BCUT2D eigenvalue weighted by Crippen LogP contribution is 2.34. The van der Waals surface area contributed by atoms with Crippen LogP contribution in [0.25, 0.3) is 10.8 Å². The molecule has 1 N–H and O–H groups in total. The fourth-order valence-corrected chi connectivity index (χ4v) is 4.94. The first-order chi connectivity index (χ1) is 11.8. The normalized spacial score (nSPS) is 22.2. The standard InChI is InChI=1S/C17H23N5OS/c23-15(9-13-10-24-17(20-13)16-18-11-19-21-16)22-8-4-7-14(22)12-5-2-1-3-6-12/h10-12,14H,1-9H2,(H,18,19,21). The molecule has 4 rings (SSSR count). The van der Waals surface area contributed by atoms with E-state index in [2.05, 4.69) is 25.1 Å². The third-order valence-corrected chi connectivity index (χ3v) is 6.21. The van der Waals surface area contributed by atoms with Crippen molar-refractivity contribution in [3.63, 3.8) is 0 Å². The average Bonchev–Trinajstić information content (AvgIpc) is 3.36. The number of nitrogens with zero attached hydrogens (tertiary/aromatic N) is 4. The van der Waals surface area contributed by atoms with Crippen LogP contribution in [0.2, 0.25) is 0 Å². The molecule has 2 aromatic rings. The molecule has 1 amide bonds. The van der Waals surface area contributed by atoms with E-state index in [0.717, 1.165) is 23.7 Å². The SMILES string of the molecule is O=C(Cc1csc(-c2ncn[nH]2)n1)N1CCCC1C1CCCCC1. The second kappa shape index (κ2) is 7.01. The fourth-order valence-electron chi connectivity index (χ4n) is 4.17. The summed E-state index contributed by atoms with van der Waals surface area (Å²) in [6.45, 7) is 0.916. The summed E-state index contributed by atoms with van der Waals surface area (Å²) < 4.78 is 0. The summed E-state index contributed by atoms with van der Waals surface area (Å²) in [5.41, 5.74) is 0.839. The molecule has 1 aliphatic carbocycles. The van der Waals surface area contributed by atoms with E-state index in [1.165, 1.54) is 56.2 Å². The van der Waals surface area contributed by atoms with Crippen LogP contribution in [0, 0.1) is 5.92 Å². The highest BCUT2D eigenvalue weighted by atomic mass is 32.1. The van der Waals surface area contributed by atoms with Gasteiger partial charge in [0, 0.05) is 18.0 Å². The van der Waals surface area contributed by atoms with Crippen molar-refractivity contribution in [2.75, 3.05) is 6.54 Å². The number of H-pyrrole nitrogens is 1. The second-order valence-electron chi connectivity index (χ2n) is 6.85. The third kappa shape index (κ3) is 3.22. The topological polar surface area (TPSA) is 74.8 Å². The van der Waals surface area contributed by atoms with Gasteiger partial charge in [-0.15, -0.1) is 11.3 Å². The maximum atomic E-state index is 12.8. The van der Waals surface area contributed by atoms with Crippen LogP contribution < -0.4 is 0 Å². The van der Waals surface area contributed by atoms with Crippen LogP contribution in [-0.2, 0) is 11.2 Å². The lowest BCUT2D eigenvalue weighted by molar-refractivity contribution is -0.132. The van der Waals surface area contributed by atoms with Crippen molar-refractivity contribution in [2.24, 2.45) is 5.92 Å². The van der Waals surface area contributed by atoms with Crippen LogP contribution in [0.3, 0.4) is 0 Å². The molecular formula is C17H23N5OS. The maximum Gasteiger partial charge on any atom is 0.228 e. The fraction of sp³-hybridized carbons (Fsp3) is 0.647. The van der Waals surface area contributed by atoms with Gasteiger partial charge in [-0.05, 0) is 31.6 Å². The first kappa shape index (κ1) is 15.7.